The third-order valence-electron chi connectivity index (χ3n) is 1.83. The number of carbonyl (C=O) groups is 1. The van der Waals surface area contributed by atoms with Crippen molar-refractivity contribution < 1.29 is 4.79 Å². The molecule has 0 bridgehead atoms. The topological polar surface area (TPSA) is 54.0 Å². The van der Waals surface area contributed by atoms with Crippen molar-refractivity contribution in [3.63, 3.8) is 0 Å². The monoisotopic (exact) mass is 183 g/mol. The van der Waals surface area contributed by atoms with Gasteiger partial charge in [0, 0.05) is 6.20 Å². The SMILES string of the molecule is CC1NC(c2cncs2)NC1=O. The van der Waals surface area contributed by atoms with Gasteiger partial charge in [-0.3, -0.25) is 15.1 Å². The number of rotatable bonds is 1. The van der Waals surface area contributed by atoms with Crippen molar-refractivity contribution in [3.05, 3.63) is 16.6 Å². The summed E-state index contributed by atoms with van der Waals surface area (Å²) in [6, 6.07) is -0.0999. The van der Waals surface area contributed by atoms with Gasteiger partial charge in [0.05, 0.1) is 16.4 Å². The van der Waals surface area contributed by atoms with Gasteiger partial charge >= 0.3 is 0 Å². The van der Waals surface area contributed by atoms with E-state index in [-0.39, 0.29) is 18.1 Å². The number of thiazole rings is 1. The zero-order valence-electron chi connectivity index (χ0n) is 6.57. The lowest BCUT2D eigenvalue weighted by atomic mass is 10.3. The Labute approximate surface area is 74.0 Å². The van der Waals surface area contributed by atoms with Crippen LogP contribution >= 0.6 is 11.3 Å². The largest absolute Gasteiger partial charge is 0.334 e. The summed E-state index contributed by atoms with van der Waals surface area (Å²) in [6.07, 6.45) is 1.72. The zero-order chi connectivity index (χ0) is 8.55. The Balaban J connectivity index is 2.14. The summed E-state index contributed by atoms with van der Waals surface area (Å²) >= 11 is 1.54. The number of hydrogen-bond acceptors (Lipinski definition) is 4. The van der Waals surface area contributed by atoms with Gasteiger partial charge in [-0.05, 0) is 6.92 Å². The van der Waals surface area contributed by atoms with Crippen LogP contribution in [0.4, 0.5) is 0 Å². The van der Waals surface area contributed by atoms with Gasteiger partial charge in [-0.15, -0.1) is 11.3 Å². The molecule has 0 saturated carbocycles. The van der Waals surface area contributed by atoms with Crippen LogP contribution < -0.4 is 10.6 Å². The molecule has 1 aliphatic rings. The molecule has 5 heteroatoms. The molecule has 2 unspecified atom stereocenters. The van der Waals surface area contributed by atoms with Crippen LogP contribution in [0.15, 0.2) is 11.7 Å². The molecule has 0 aliphatic carbocycles. The number of aromatic nitrogens is 1. The Morgan fingerprint density at radius 2 is 2.50 bits per heavy atom. The molecule has 0 spiro atoms. The van der Waals surface area contributed by atoms with Gasteiger partial charge in [-0.1, -0.05) is 0 Å². The van der Waals surface area contributed by atoms with Crippen LogP contribution in [0.1, 0.15) is 18.0 Å². The standard InChI is InChI=1S/C7H9N3OS/c1-4-7(11)10-6(9-4)5-2-8-3-12-5/h2-4,6,9H,1H3,(H,10,11). The smallest absolute Gasteiger partial charge is 0.238 e. The van der Waals surface area contributed by atoms with E-state index >= 15 is 0 Å². The first-order chi connectivity index (χ1) is 5.77. The quantitative estimate of drug-likeness (QED) is 0.656. The van der Waals surface area contributed by atoms with E-state index in [9.17, 15) is 4.79 Å². The molecule has 0 aromatic carbocycles. The highest BCUT2D eigenvalue weighted by molar-refractivity contribution is 7.09. The highest BCUT2D eigenvalue weighted by Gasteiger charge is 2.28. The van der Waals surface area contributed by atoms with Crippen molar-refractivity contribution in [1.82, 2.24) is 15.6 Å². The van der Waals surface area contributed by atoms with Crippen LogP contribution in [-0.2, 0) is 4.79 Å². The Morgan fingerprint density at radius 1 is 1.67 bits per heavy atom. The van der Waals surface area contributed by atoms with Crippen molar-refractivity contribution in [3.8, 4) is 0 Å². The van der Waals surface area contributed by atoms with Gasteiger partial charge in [-0.25, -0.2) is 0 Å². The summed E-state index contributed by atoms with van der Waals surface area (Å²) in [5.41, 5.74) is 1.76. The highest BCUT2D eigenvalue weighted by atomic mass is 32.1. The normalized spacial score (nSPS) is 28.9. The number of nitrogens with one attached hydrogen (secondary N) is 2. The molecule has 1 aromatic rings. The van der Waals surface area contributed by atoms with E-state index in [0.29, 0.717) is 0 Å². The molecule has 2 heterocycles. The van der Waals surface area contributed by atoms with Gasteiger partial charge < -0.3 is 5.32 Å². The number of nitrogens with zero attached hydrogens (tertiary/aromatic N) is 1. The lowest BCUT2D eigenvalue weighted by molar-refractivity contribution is -0.120. The van der Waals surface area contributed by atoms with Crippen molar-refractivity contribution in [2.24, 2.45) is 0 Å². The predicted molar refractivity (Wildman–Crippen MR) is 45.6 cm³/mol. The first-order valence-electron chi connectivity index (χ1n) is 3.72. The van der Waals surface area contributed by atoms with E-state index in [1.807, 2.05) is 6.92 Å². The first-order valence-corrected chi connectivity index (χ1v) is 4.60. The molecule has 1 aromatic heterocycles. The van der Waals surface area contributed by atoms with E-state index in [0.717, 1.165) is 4.88 Å². The van der Waals surface area contributed by atoms with Gasteiger partial charge in [0.1, 0.15) is 6.17 Å². The summed E-state index contributed by atoms with van der Waals surface area (Å²) in [5.74, 6) is 0.0494. The third-order valence-corrected chi connectivity index (χ3v) is 2.67. The summed E-state index contributed by atoms with van der Waals surface area (Å²) in [7, 11) is 0. The van der Waals surface area contributed by atoms with E-state index in [4.69, 9.17) is 0 Å². The van der Waals surface area contributed by atoms with Crippen LogP contribution in [0.25, 0.3) is 0 Å². The summed E-state index contributed by atoms with van der Waals surface area (Å²) in [5, 5.41) is 5.94. The lowest BCUT2D eigenvalue weighted by Crippen LogP contribution is -2.24. The molecule has 12 heavy (non-hydrogen) atoms. The van der Waals surface area contributed by atoms with Gasteiger partial charge in [0.15, 0.2) is 0 Å². The molecule has 4 nitrogen and oxygen atoms in total. The van der Waals surface area contributed by atoms with Crippen LogP contribution in [0.2, 0.25) is 0 Å². The minimum atomic E-state index is -0.0999. The second-order valence-electron chi connectivity index (χ2n) is 2.73. The fourth-order valence-electron chi connectivity index (χ4n) is 1.16. The maximum absolute atomic E-state index is 11.1. The average molecular weight is 183 g/mol. The Morgan fingerprint density at radius 3 is 3.00 bits per heavy atom. The molecule has 2 rings (SSSR count). The maximum atomic E-state index is 11.1. The lowest BCUT2D eigenvalue weighted by Gasteiger charge is -2.06. The Hall–Kier alpha value is -0.940. The zero-order valence-corrected chi connectivity index (χ0v) is 7.39. The molecule has 1 saturated heterocycles. The minimum Gasteiger partial charge on any atom is -0.334 e. The number of hydrogen-bond donors (Lipinski definition) is 2. The van der Waals surface area contributed by atoms with E-state index < -0.39 is 0 Å². The van der Waals surface area contributed by atoms with Crippen molar-refractivity contribution >= 4 is 17.2 Å². The maximum Gasteiger partial charge on any atom is 0.238 e. The van der Waals surface area contributed by atoms with Crippen LogP contribution in [0, 0.1) is 0 Å². The summed E-state index contributed by atoms with van der Waals surface area (Å²) < 4.78 is 0. The fourth-order valence-corrected chi connectivity index (χ4v) is 1.78. The van der Waals surface area contributed by atoms with Crippen molar-refractivity contribution in [2.45, 2.75) is 19.1 Å². The molecule has 1 amide bonds. The Kier molecular flexibility index (Phi) is 1.82. The molecule has 2 N–H and O–H groups in total. The molecule has 1 aliphatic heterocycles. The fraction of sp³-hybridized carbons (Fsp3) is 0.429. The van der Waals surface area contributed by atoms with E-state index in [1.165, 1.54) is 11.3 Å². The van der Waals surface area contributed by atoms with Crippen molar-refractivity contribution in [2.75, 3.05) is 0 Å². The average Bonchev–Trinajstić information content (AvgIpc) is 2.61. The second kappa shape index (κ2) is 2.84. The molecular formula is C7H9N3OS. The highest BCUT2D eigenvalue weighted by Crippen LogP contribution is 2.18. The van der Waals surface area contributed by atoms with Crippen LogP contribution in [0.3, 0.4) is 0 Å². The molecular weight excluding hydrogens is 174 g/mol. The Bertz CT molecular complexity index is 285. The second-order valence-corrected chi connectivity index (χ2v) is 3.65. The summed E-state index contributed by atoms with van der Waals surface area (Å²) in [4.78, 5) is 16.1. The molecule has 64 valence electrons. The van der Waals surface area contributed by atoms with E-state index in [1.54, 1.807) is 11.7 Å². The molecule has 2 atom stereocenters. The van der Waals surface area contributed by atoms with Gasteiger partial charge in [0.25, 0.3) is 0 Å². The van der Waals surface area contributed by atoms with Gasteiger partial charge in [0.2, 0.25) is 5.91 Å². The number of amides is 1. The van der Waals surface area contributed by atoms with Crippen molar-refractivity contribution in [1.29, 1.82) is 0 Å². The van der Waals surface area contributed by atoms with Crippen LogP contribution in [0.5, 0.6) is 0 Å². The third kappa shape index (κ3) is 1.21. The van der Waals surface area contributed by atoms with Crippen LogP contribution in [-0.4, -0.2) is 16.9 Å². The van der Waals surface area contributed by atoms with Gasteiger partial charge in [-0.2, -0.15) is 0 Å². The minimum absolute atomic E-state index is 0.0417. The first kappa shape index (κ1) is 7.70. The summed E-state index contributed by atoms with van der Waals surface area (Å²) in [6.45, 7) is 1.84. The molecule has 0 radical (unpaired) electrons. The van der Waals surface area contributed by atoms with E-state index in [2.05, 4.69) is 15.6 Å². The number of carbonyl (C=O) groups excluding carboxylic acids is 1. The predicted octanol–water partition coefficient (Wildman–Crippen LogP) is 0.250. The molecule has 1 fully saturated rings.